The fourth-order valence-electron chi connectivity index (χ4n) is 3.76. The molecule has 5 rings (SSSR count). The highest BCUT2D eigenvalue weighted by Crippen LogP contribution is 2.27. The van der Waals surface area contributed by atoms with E-state index < -0.39 is 0 Å². The van der Waals surface area contributed by atoms with Gasteiger partial charge >= 0.3 is 0 Å². The highest BCUT2D eigenvalue weighted by molar-refractivity contribution is 6.00. The predicted molar refractivity (Wildman–Crippen MR) is 107 cm³/mol. The fraction of sp³-hybridized carbons (Fsp3) is 0.190. The Hall–Kier alpha value is -3.61. The van der Waals surface area contributed by atoms with Crippen molar-refractivity contribution in [3.8, 4) is 5.75 Å². The molecule has 1 fully saturated rings. The summed E-state index contributed by atoms with van der Waals surface area (Å²) in [4.78, 5) is 18.9. The van der Waals surface area contributed by atoms with Crippen LogP contribution in [0.4, 0.5) is 5.82 Å². The van der Waals surface area contributed by atoms with Crippen molar-refractivity contribution < 1.29 is 9.90 Å². The van der Waals surface area contributed by atoms with Crippen LogP contribution in [0.2, 0.25) is 0 Å². The number of carbonyl (C=O) groups is 1. The first kappa shape index (κ1) is 16.6. The van der Waals surface area contributed by atoms with E-state index >= 15 is 0 Å². The van der Waals surface area contributed by atoms with E-state index in [1.165, 1.54) is 0 Å². The van der Waals surface area contributed by atoms with E-state index in [2.05, 4.69) is 15.4 Å². The third-order valence-electron chi connectivity index (χ3n) is 5.17. The molecule has 1 aliphatic heterocycles. The first-order chi connectivity index (χ1) is 13.7. The van der Waals surface area contributed by atoms with E-state index in [9.17, 15) is 9.90 Å². The van der Waals surface area contributed by atoms with Crippen LogP contribution in [0.3, 0.4) is 0 Å². The molecule has 1 saturated heterocycles. The lowest BCUT2D eigenvalue weighted by molar-refractivity contribution is 0.0791. The van der Waals surface area contributed by atoms with Crippen molar-refractivity contribution in [1.29, 1.82) is 0 Å². The number of benzene rings is 2. The summed E-state index contributed by atoms with van der Waals surface area (Å²) < 4.78 is 1.72. The molecule has 7 heteroatoms. The monoisotopic (exact) mass is 373 g/mol. The molecule has 1 amide bonds. The smallest absolute Gasteiger partial charge is 0.254 e. The van der Waals surface area contributed by atoms with Crippen LogP contribution < -0.4 is 5.32 Å². The number of aromatic nitrogens is 3. The van der Waals surface area contributed by atoms with Gasteiger partial charge in [0.25, 0.3) is 5.91 Å². The third kappa shape index (κ3) is 2.90. The van der Waals surface area contributed by atoms with Crippen molar-refractivity contribution >= 4 is 28.1 Å². The van der Waals surface area contributed by atoms with Gasteiger partial charge in [0.2, 0.25) is 0 Å². The van der Waals surface area contributed by atoms with Gasteiger partial charge < -0.3 is 15.3 Å². The average Bonchev–Trinajstić information content (AvgIpc) is 3.36. The number of anilines is 1. The van der Waals surface area contributed by atoms with Crippen LogP contribution in [-0.4, -0.2) is 49.6 Å². The van der Waals surface area contributed by atoms with Gasteiger partial charge in [-0.1, -0.05) is 24.3 Å². The standard InChI is InChI=1S/C21H19N5O2/c27-18-12-15(11-14-3-1-2-4-17(14)18)21(28)25-9-7-16(13-25)23-19-5-6-20-22-8-10-26(20)24-19/h1-6,8,10-12,16,27H,7,9,13H2,(H,23,24). The Labute approximate surface area is 161 Å². The van der Waals surface area contributed by atoms with Gasteiger partial charge in [-0.3, -0.25) is 4.79 Å². The van der Waals surface area contributed by atoms with E-state index in [4.69, 9.17) is 0 Å². The third-order valence-corrected chi connectivity index (χ3v) is 5.17. The zero-order valence-corrected chi connectivity index (χ0v) is 15.1. The molecule has 0 aliphatic carbocycles. The zero-order valence-electron chi connectivity index (χ0n) is 15.1. The number of phenols is 1. The predicted octanol–water partition coefficient (Wildman–Crippen LogP) is 2.91. The number of amides is 1. The number of likely N-dealkylation sites (tertiary alicyclic amines) is 1. The molecule has 2 aromatic heterocycles. The van der Waals surface area contributed by atoms with Gasteiger partial charge in [-0.05, 0) is 36.1 Å². The number of carbonyl (C=O) groups excluding carboxylic acids is 1. The molecule has 4 aromatic rings. The van der Waals surface area contributed by atoms with Gasteiger partial charge in [-0.2, -0.15) is 0 Å². The molecule has 7 nitrogen and oxygen atoms in total. The van der Waals surface area contributed by atoms with Crippen LogP contribution in [0.15, 0.2) is 60.9 Å². The minimum atomic E-state index is -0.0663. The first-order valence-corrected chi connectivity index (χ1v) is 9.25. The van der Waals surface area contributed by atoms with E-state index in [1.54, 1.807) is 23.0 Å². The quantitative estimate of drug-likeness (QED) is 0.577. The van der Waals surface area contributed by atoms with Crippen LogP contribution in [0, 0.1) is 0 Å². The van der Waals surface area contributed by atoms with Gasteiger partial charge in [0.15, 0.2) is 5.65 Å². The minimum Gasteiger partial charge on any atom is -0.507 e. The largest absolute Gasteiger partial charge is 0.507 e. The normalized spacial score (nSPS) is 16.7. The Morgan fingerprint density at radius 1 is 1.18 bits per heavy atom. The molecule has 28 heavy (non-hydrogen) atoms. The SMILES string of the molecule is O=C(c1cc(O)c2ccccc2c1)N1CCC(Nc2ccc3nccn3n2)C1. The molecular formula is C21H19N5O2. The molecule has 0 bridgehead atoms. The van der Waals surface area contributed by atoms with Crippen molar-refractivity contribution in [2.24, 2.45) is 0 Å². The Bertz CT molecular complexity index is 1190. The van der Waals surface area contributed by atoms with E-state index in [1.807, 2.05) is 47.4 Å². The van der Waals surface area contributed by atoms with Crippen molar-refractivity contribution in [3.05, 3.63) is 66.5 Å². The maximum absolute atomic E-state index is 12.9. The summed E-state index contributed by atoms with van der Waals surface area (Å²) in [7, 11) is 0. The summed E-state index contributed by atoms with van der Waals surface area (Å²) in [5, 5.41) is 19.7. The lowest BCUT2D eigenvalue weighted by Crippen LogP contribution is -2.31. The molecule has 1 aliphatic rings. The summed E-state index contributed by atoms with van der Waals surface area (Å²) in [6.07, 6.45) is 4.35. The number of nitrogens with one attached hydrogen (secondary N) is 1. The number of hydrogen-bond acceptors (Lipinski definition) is 5. The topological polar surface area (TPSA) is 82.8 Å². The lowest BCUT2D eigenvalue weighted by atomic mass is 10.1. The Morgan fingerprint density at radius 3 is 3.00 bits per heavy atom. The number of aromatic hydroxyl groups is 1. The zero-order chi connectivity index (χ0) is 19.1. The Morgan fingerprint density at radius 2 is 2.07 bits per heavy atom. The maximum Gasteiger partial charge on any atom is 0.254 e. The van der Waals surface area contributed by atoms with Crippen LogP contribution in [0.1, 0.15) is 16.8 Å². The number of nitrogens with zero attached hydrogens (tertiary/aromatic N) is 4. The van der Waals surface area contributed by atoms with Crippen molar-refractivity contribution in [1.82, 2.24) is 19.5 Å². The second kappa shape index (κ2) is 6.53. The summed E-state index contributed by atoms with van der Waals surface area (Å²) in [6.45, 7) is 1.26. The number of hydrogen-bond donors (Lipinski definition) is 2. The molecule has 3 heterocycles. The Kier molecular flexibility index (Phi) is 3.86. The molecule has 0 spiro atoms. The Balaban J connectivity index is 1.32. The second-order valence-corrected chi connectivity index (χ2v) is 7.05. The summed E-state index contributed by atoms with van der Waals surface area (Å²) in [5.74, 6) is 0.824. The summed E-state index contributed by atoms with van der Waals surface area (Å²) >= 11 is 0. The number of fused-ring (bicyclic) bond motifs is 2. The van der Waals surface area contributed by atoms with Gasteiger partial charge in [-0.15, -0.1) is 5.10 Å². The van der Waals surface area contributed by atoms with Gasteiger partial charge in [0.05, 0.1) is 0 Å². The molecule has 1 atom stereocenters. The fourth-order valence-corrected chi connectivity index (χ4v) is 3.76. The van der Waals surface area contributed by atoms with Crippen molar-refractivity contribution in [2.45, 2.75) is 12.5 Å². The molecule has 0 saturated carbocycles. The highest BCUT2D eigenvalue weighted by Gasteiger charge is 2.27. The molecule has 2 aromatic carbocycles. The molecule has 1 unspecified atom stereocenters. The molecule has 2 N–H and O–H groups in total. The van der Waals surface area contributed by atoms with Crippen LogP contribution in [-0.2, 0) is 0 Å². The second-order valence-electron chi connectivity index (χ2n) is 7.05. The van der Waals surface area contributed by atoms with Gasteiger partial charge in [0.1, 0.15) is 11.6 Å². The minimum absolute atomic E-state index is 0.0663. The van der Waals surface area contributed by atoms with Crippen LogP contribution >= 0.6 is 0 Å². The van der Waals surface area contributed by atoms with E-state index in [0.29, 0.717) is 18.7 Å². The van der Waals surface area contributed by atoms with Crippen LogP contribution in [0.25, 0.3) is 16.4 Å². The summed E-state index contributed by atoms with van der Waals surface area (Å²) in [6, 6.07) is 14.8. The highest BCUT2D eigenvalue weighted by atomic mass is 16.3. The number of rotatable bonds is 3. The lowest BCUT2D eigenvalue weighted by Gasteiger charge is -2.18. The van der Waals surface area contributed by atoms with E-state index in [0.717, 1.165) is 28.7 Å². The van der Waals surface area contributed by atoms with Crippen LogP contribution in [0.5, 0.6) is 5.75 Å². The van der Waals surface area contributed by atoms with Crippen molar-refractivity contribution in [2.75, 3.05) is 18.4 Å². The molecular weight excluding hydrogens is 354 g/mol. The summed E-state index contributed by atoms with van der Waals surface area (Å²) in [5.41, 5.74) is 1.31. The number of phenolic OH excluding ortho intramolecular Hbond substituents is 1. The van der Waals surface area contributed by atoms with Gasteiger partial charge in [-0.25, -0.2) is 9.50 Å². The maximum atomic E-state index is 12.9. The first-order valence-electron chi connectivity index (χ1n) is 9.25. The number of imidazole rings is 1. The van der Waals surface area contributed by atoms with Crippen molar-refractivity contribution in [3.63, 3.8) is 0 Å². The van der Waals surface area contributed by atoms with E-state index in [-0.39, 0.29) is 17.7 Å². The van der Waals surface area contributed by atoms with Gasteiger partial charge in [0, 0.05) is 42.5 Å². The molecule has 0 radical (unpaired) electrons. The molecule has 140 valence electrons. The average molecular weight is 373 g/mol.